The van der Waals surface area contributed by atoms with Gasteiger partial charge in [-0.1, -0.05) is 0 Å². The highest BCUT2D eigenvalue weighted by atomic mass is 35.5. The van der Waals surface area contributed by atoms with Crippen LogP contribution >= 0.6 is 11.6 Å². The number of aromatic nitrogens is 2. The van der Waals surface area contributed by atoms with Crippen LogP contribution in [0.1, 0.15) is 19.8 Å². The molecule has 1 aliphatic rings. The predicted octanol–water partition coefficient (Wildman–Crippen LogP) is 1.31. The van der Waals surface area contributed by atoms with E-state index >= 15 is 0 Å². The standard InChI is InChI=1S/C11H17ClN4O/c1-7(17)8-2-4-16(5-3-8)10-9(13)6-14-11(12)15-10/h6-8,17H,2-5,13H2,1H3. The van der Waals surface area contributed by atoms with Crippen LogP contribution in [0.25, 0.3) is 0 Å². The average molecular weight is 257 g/mol. The van der Waals surface area contributed by atoms with Gasteiger partial charge in [0, 0.05) is 13.1 Å². The molecule has 1 saturated heterocycles. The molecule has 1 aliphatic heterocycles. The summed E-state index contributed by atoms with van der Waals surface area (Å²) in [6.45, 7) is 3.52. The number of piperidine rings is 1. The molecule has 1 fully saturated rings. The monoisotopic (exact) mass is 256 g/mol. The number of halogens is 1. The number of aliphatic hydroxyl groups is 1. The predicted molar refractivity (Wildman–Crippen MR) is 68.1 cm³/mol. The number of nitrogens with zero attached hydrogens (tertiary/aromatic N) is 3. The summed E-state index contributed by atoms with van der Waals surface area (Å²) in [7, 11) is 0. The van der Waals surface area contributed by atoms with E-state index in [0.717, 1.165) is 25.9 Å². The molecular weight excluding hydrogens is 240 g/mol. The van der Waals surface area contributed by atoms with Crippen LogP contribution in [0.3, 0.4) is 0 Å². The van der Waals surface area contributed by atoms with Gasteiger partial charge in [0.25, 0.3) is 0 Å². The fourth-order valence-electron chi connectivity index (χ4n) is 2.21. The molecule has 0 amide bonds. The second-order valence-electron chi connectivity index (χ2n) is 4.48. The van der Waals surface area contributed by atoms with Crippen molar-refractivity contribution in [1.29, 1.82) is 0 Å². The first-order valence-electron chi connectivity index (χ1n) is 5.79. The fraction of sp³-hybridized carbons (Fsp3) is 0.636. The number of hydrogen-bond acceptors (Lipinski definition) is 5. The summed E-state index contributed by atoms with van der Waals surface area (Å²) in [5.74, 6) is 1.07. The fourth-order valence-corrected chi connectivity index (χ4v) is 2.34. The van der Waals surface area contributed by atoms with E-state index in [9.17, 15) is 5.11 Å². The Morgan fingerprint density at radius 2 is 2.18 bits per heavy atom. The lowest BCUT2D eigenvalue weighted by Gasteiger charge is -2.34. The van der Waals surface area contributed by atoms with E-state index in [1.54, 1.807) is 0 Å². The Hall–Kier alpha value is -1.07. The smallest absolute Gasteiger partial charge is 0.224 e. The second kappa shape index (κ2) is 5.06. The van der Waals surface area contributed by atoms with Gasteiger partial charge in [-0.05, 0) is 37.3 Å². The third-order valence-corrected chi connectivity index (χ3v) is 3.47. The van der Waals surface area contributed by atoms with Crippen molar-refractivity contribution in [2.24, 2.45) is 5.92 Å². The highest BCUT2D eigenvalue weighted by Gasteiger charge is 2.24. The maximum absolute atomic E-state index is 9.54. The first-order chi connectivity index (χ1) is 8.08. The Bertz CT molecular complexity index is 391. The van der Waals surface area contributed by atoms with Gasteiger partial charge < -0.3 is 15.7 Å². The minimum absolute atomic E-state index is 0.215. The van der Waals surface area contributed by atoms with E-state index in [-0.39, 0.29) is 11.4 Å². The van der Waals surface area contributed by atoms with Gasteiger partial charge in [-0.25, -0.2) is 4.98 Å². The summed E-state index contributed by atoms with van der Waals surface area (Å²) in [6, 6.07) is 0. The number of anilines is 2. The quantitative estimate of drug-likeness (QED) is 0.781. The van der Waals surface area contributed by atoms with Crippen molar-refractivity contribution in [3.63, 3.8) is 0 Å². The van der Waals surface area contributed by atoms with Crippen LogP contribution in [-0.2, 0) is 0 Å². The summed E-state index contributed by atoms with van der Waals surface area (Å²) < 4.78 is 0. The van der Waals surface area contributed by atoms with Crippen LogP contribution in [-0.4, -0.2) is 34.3 Å². The largest absolute Gasteiger partial charge is 0.394 e. The van der Waals surface area contributed by atoms with E-state index in [1.165, 1.54) is 6.20 Å². The van der Waals surface area contributed by atoms with Crippen LogP contribution in [0.2, 0.25) is 5.28 Å². The molecule has 3 N–H and O–H groups in total. The van der Waals surface area contributed by atoms with Crippen LogP contribution < -0.4 is 10.6 Å². The van der Waals surface area contributed by atoms with E-state index in [2.05, 4.69) is 14.9 Å². The van der Waals surface area contributed by atoms with Gasteiger partial charge in [0.1, 0.15) is 0 Å². The molecular formula is C11H17ClN4O. The molecule has 0 radical (unpaired) electrons. The Morgan fingerprint density at radius 1 is 1.53 bits per heavy atom. The van der Waals surface area contributed by atoms with Crippen LogP contribution in [0.15, 0.2) is 6.20 Å². The molecule has 6 heteroatoms. The van der Waals surface area contributed by atoms with Crippen molar-refractivity contribution >= 4 is 23.1 Å². The summed E-state index contributed by atoms with van der Waals surface area (Å²) in [6.07, 6.45) is 3.17. The molecule has 1 atom stereocenters. The van der Waals surface area contributed by atoms with Gasteiger partial charge in [0.2, 0.25) is 5.28 Å². The van der Waals surface area contributed by atoms with Crippen LogP contribution in [0.4, 0.5) is 11.5 Å². The molecule has 1 aromatic rings. The van der Waals surface area contributed by atoms with Gasteiger partial charge in [0.05, 0.1) is 18.0 Å². The van der Waals surface area contributed by atoms with Gasteiger partial charge >= 0.3 is 0 Å². The number of hydrogen-bond donors (Lipinski definition) is 2. The molecule has 5 nitrogen and oxygen atoms in total. The van der Waals surface area contributed by atoms with Crippen LogP contribution in [0.5, 0.6) is 0 Å². The van der Waals surface area contributed by atoms with Crippen molar-refractivity contribution in [1.82, 2.24) is 9.97 Å². The minimum Gasteiger partial charge on any atom is -0.394 e. The SMILES string of the molecule is CC(O)C1CCN(c2nc(Cl)ncc2N)CC1. The molecule has 17 heavy (non-hydrogen) atoms. The molecule has 0 saturated carbocycles. The zero-order valence-electron chi connectivity index (χ0n) is 9.80. The zero-order chi connectivity index (χ0) is 12.4. The molecule has 2 heterocycles. The molecule has 2 rings (SSSR count). The first kappa shape index (κ1) is 12.4. The van der Waals surface area contributed by atoms with Crippen molar-refractivity contribution in [3.8, 4) is 0 Å². The van der Waals surface area contributed by atoms with Gasteiger partial charge in [-0.3, -0.25) is 0 Å². The maximum atomic E-state index is 9.54. The Balaban J connectivity index is 2.07. The third kappa shape index (κ3) is 2.79. The van der Waals surface area contributed by atoms with E-state index < -0.39 is 0 Å². The van der Waals surface area contributed by atoms with Gasteiger partial charge in [-0.2, -0.15) is 4.98 Å². The lowest BCUT2D eigenvalue weighted by Crippen LogP contribution is -2.37. The third-order valence-electron chi connectivity index (χ3n) is 3.29. The highest BCUT2D eigenvalue weighted by molar-refractivity contribution is 6.28. The molecule has 0 aromatic carbocycles. The lowest BCUT2D eigenvalue weighted by atomic mass is 9.92. The minimum atomic E-state index is -0.247. The zero-order valence-corrected chi connectivity index (χ0v) is 10.6. The van der Waals surface area contributed by atoms with E-state index in [4.69, 9.17) is 17.3 Å². The second-order valence-corrected chi connectivity index (χ2v) is 4.82. The molecule has 0 aliphatic carbocycles. The maximum Gasteiger partial charge on any atom is 0.224 e. The summed E-state index contributed by atoms with van der Waals surface area (Å²) >= 11 is 5.77. The van der Waals surface area contributed by atoms with Gasteiger partial charge in [0.15, 0.2) is 5.82 Å². The molecule has 1 unspecified atom stereocenters. The summed E-state index contributed by atoms with van der Waals surface area (Å²) in [5.41, 5.74) is 6.39. The molecule has 94 valence electrons. The molecule has 0 spiro atoms. The Labute approximate surface area is 106 Å². The first-order valence-corrected chi connectivity index (χ1v) is 6.16. The van der Waals surface area contributed by atoms with Crippen molar-refractivity contribution in [2.45, 2.75) is 25.9 Å². The van der Waals surface area contributed by atoms with Crippen molar-refractivity contribution in [2.75, 3.05) is 23.7 Å². The van der Waals surface area contributed by atoms with Crippen LogP contribution in [0, 0.1) is 5.92 Å². The highest BCUT2D eigenvalue weighted by Crippen LogP contribution is 2.27. The topological polar surface area (TPSA) is 75.3 Å². The number of nitrogens with two attached hydrogens (primary N) is 1. The Kier molecular flexibility index (Phi) is 3.69. The number of nitrogen functional groups attached to an aromatic ring is 1. The van der Waals surface area contributed by atoms with E-state index in [1.807, 2.05) is 6.92 Å². The number of rotatable bonds is 2. The number of aliphatic hydroxyl groups excluding tert-OH is 1. The normalized spacial score (nSPS) is 19.4. The van der Waals surface area contributed by atoms with E-state index in [0.29, 0.717) is 17.4 Å². The van der Waals surface area contributed by atoms with Crippen molar-refractivity contribution in [3.05, 3.63) is 11.5 Å². The molecule has 0 bridgehead atoms. The summed E-state index contributed by atoms with van der Waals surface area (Å²) in [5, 5.41) is 9.76. The van der Waals surface area contributed by atoms with Crippen molar-refractivity contribution < 1.29 is 5.11 Å². The van der Waals surface area contributed by atoms with Gasteiger partial charge in [-0.15, -0.1) is 0 Å². The summed E-state index contributed by atoms with van der Waals surface area (Å²) in [4.78, 5) is 10.1. The Morgan fingerprint density at radius 3 is 2.76 bits per heavy atom. The molecule has 1 aromatic heterocycles. The average Bonchev–Trinajstić information content (AvgIpc) is 2.32. The lowest BCUT2D eigenvalue weighted by molar-refractivity contribution is 0.110.